The van der Waals surface area contributed by atoms with Gasteiger partial charge < -0.3 is 14.4 Å². The number of nitrogens with zero attached hydrogens (tertiary/aromatic N) is 1. The molecule has 0 atom stereocenters. The quantitative estimate of drug-likeness (QED) is 0.810. The molecule has 5 nitrogen and oxygen atoms in total. The number of fused-ring (bicyclic) bond motifs is 1. The van der Waals surface area contributed by atoms with Crippen LogP contribution in [0.2, 0.25) is 5.02 Å². The Morgan fingerprint density at radius 3 is 2.35 bits per heavy atom. The van der Waals surface area contributed by atoms with Crippen molar-refractivity contribution in [3.63, 3.8) is 0 Å². The van der Waals surface area contributed by atoms with Crippen LogP contribution in [-0.2, 0) is 9.31 Å². The van der Waals surface area contributed by atoms with Gasteiger partial charge in [-0.3, -0.25) is 4.57 Å². The lowest BCUT2D eigenvalue weighted by molar-refractivity contribution is 0.00578. The van der Waals surface area contributed by atoms with E-state index in [9.17, 15) is 14.3 Å². The average Bonchev–Trinajstić information content (AvgIpc) is 2.85. The van der Waals surface area contributed by atoms with Crippen LogP contribution in [0.5, 0.6) is 0 Å². The third-order valence-electron chi connectivity index (χ3n) is 4.56. The predicted molar refractivity (Wildman–Crippen MR) is 86.0 cm³/mol. The summed E-state index contributed by atoms with van der Waals surface area (Å²) in [6.45, 7) is 7.54. The Balaban J connectivity index is 2.22. The van der Waals surface area contributed by atoms with Gasteiger partial charge in [0.1, 0.15) is 5.82 Å². The molecule has 122 valence electrons. The fraction of sp³-hybridized carbons (Fsp3) is 0.400. The number of rotatable bonds is 1. The first-order chi connectivity index (χ1) is 10.5. The molecule has 1 aliphatic heterocycles. The monoisotopic (exact) mass is 339 g/mol. The number of carboxylic acid groups (broad SMARTS) is 1. The lowest BCUT2D eigenvalue weighted by Crippen LogP contribution is -2.41. The highest BCUT2D eigenvalue weighted by molar-refractivity contribution is 6.65. The normalized spacial score (nSPS) is 19.5. The van der Waals surface area contributed by atoms with E-state index in [1.54, 1.807) is 0 Å². The van der Waals surface area contributed by atoms with Crippen LogP contribution < -0.4 is 5.46 Å². The number of halogens is 2. The van der Waals surface area contributed by atoms with Crippen LogP contribution in [0.4, 0.5) is 9.18 Å². The van der Waals surface area contributed by atoms with Gasteiger partial charge in [0.2, 0.25) is 0 Å². The van der Waals surface area contributed by atoms with Crippen molar-refractivity contribution in [3.8, 4) is 0 Å². The highest BCUT2D eigenvalue weighted by Crippen LogP contribution is 2.37. The van der Waals surface area contributed by atoms with E-state index in [0.29, 0.717) is 10.8 Å². The maximum absolute atomic E-state index is 13.8. The Bertz CT molecular complexity index is 801. The Hall–Kier alpha value is -1.57. The molecule has 0 unspecified atom stereocenters. The summed E-state index contributed by atoms with van der Waals surface area (Å²) in [5.41, 5.74) is -0.536. The number of aromatic nitrogens is 1. The molecule has 2 heterocycles. The van der Waals surface area contributed by atoms with Gasteiger partial charge in [-0.25, -0.2) is 9.18 Å². The third kappa shape index (κ3) is 2.43. The molecule has 0 aliphatic carbocycles. The van der Waals surface area contributed by atoms with Gasteiger partial charge in [-0.2, -0.15) is 0 Å². The highest BCUT2D eigenvalue weighted by atomic mass is 35.5. The van der Waals surface area contributed by atoms with Gasteiger partial charge >= 0.3 is 13.2 Å². The molecular weight excluding hydrogens is 323 g/mol. The Kier molecular flexibility index (Phi) is 3.52. The van der Waals surface area contributed by atoms with E-state index in [0.717, 1.165) is 10.6 Å². The molecule has 1 saturated heterocycles. The minimum absolute atomic E-state index is 0.0187. The van der Waals surface area contributed by atoms with Gasteiger partial charge in [-0.05, 0) is 39.8 Å². The topological polar surface area (TPSA) is 60.7 Å². The second-order valence-electron chi connectivity index (χ2n) is 6.61. The molecule has 0 spiro atoms. The number of benzene rings is 1. The van der Waals surface area contributed by atoms with Gasteiger partial charge in [0.15, 0.2) is 0 Å². The molecule has 1 aromatic carbocycles. The van der Waals surface area contributed by atoms with Crippen molar-refractivity contribution in [1.82, 2.24) is 4.57 Å². The lowest BCUT2D eigenvalue weighted by Gasteiger charge is -2.32. The fourth-order valence-electron chi connectivity index (χ4n) is 2.61. The van der Waals surface area contributed by atoms with E-state index in [4.69, 9.17) is 20.9 Å². The molecule has 1 aromatic heterocycles. The van der Waals surface area contributed by atoms with E-state index in [1.165, 1.54) is 12.3 Å². The van der Waals surface area contributed by atoms with Gasteiger partial charge in [0.05, 0.1) is 21.7 Å². The van der Waals surface area contributed by atoms with E-state index in [1.807, 2.05) is 27.7 Å². The molecule has 1 aliphatic rings. The second kappa shape index (κ2) is 4.96. The van der Waals surface area contributed by atoms with E-state index in [-0.39, 0.29) is 10.5 Å². The molecular formula is C15H16BClFNO4. The fourth-order valence-corrected chi connectivity index (χ4v) is 2.91. The van der Waals surface area contributed by atoms with Crippen LogP contribution in [0.3, 0.4) is 0 Å². The summed E-state index contributed by atoms with van der Waals surface area (Å²) in [4.78, 5) is 11.5. The summed E-state index contributed by atoms with van der Waals surface area (Å²) in [6.07, 6.45) is 0.145. The standard InChI is InChI=1S/C15H16BClFNO4/c1-14(2)15(3,4)23-16(22-14)10-7-19(13(20)21)12-9(10)5-8(18)6-11(12)17/h5-7H,1-4H3,(H,20,21). The molecule has 1 N–H and O–H groups in total. The van der Waals surface area contributed by atoms with Crippen LogP contribution in [-0.4, -0.2) is 34.1 Å². The molecule has 0 amide bonds. The highest BCUT2D eigenvalue weighted by Gasteiger charge is 2.52. The molecule has 2 aromatic rings. The first-order valence-corrected chi connectivity index (χ1v) is 7.50. The van der Waals surface area contributed by atoms with Gasteiger partial charge in [-0.15, -0.1) is 0 Å². The first kappa shape index (κ1) is 16.3. The Labute approximate surface area is 138 Å². The predicted octanol–water partition coefficient (Wildman–Crippen LogP) is 3.26. The summed E-state index contributed by atoms with van der Waals surface area (Å²) in [7, 11) is -0.805. The summed E-state index contributed by atoms with van der Waals surface area (Å²) >= 11 is 6.04. The number of hydrogen-bond donors (Lipinski definition) is 1. The second-order valence-corrected chi connectivity index (χ2v) is 7.02. The summed E-state index contributed by atoms with van der Waals surface area (Å²) in [5, 5.41) is 9.74. The van der Waals surface area contributed by atoms with Gasteiger partial charge in [-0.1, -0.05) is 11.6 Å². The van der Waals surface area contributed by atoms with Crippen LogP contribution in [0.15, 0.2) is 18.3 Å². The van der Waals surface area contributed by atoms with Crippen LogP contribution in [0, 0.1) is 5.82 Å². The number of hydrogen-bond acceptors (Lipinski definition) is 3. The summed E-state index contributed by atoms with van der Waals surface area (Å²) in [5.74, 6) is -0.552. The first-order valence-electron chi connectivity index (χ1n) is 7.12. The van der Waals surface area contributed by atoms with Crippen LogP contribution in [0.25, 0.3) is 10.9 Å². The third-order valence-corrected chi connectivity index (χ3v) is 4.85. The minimum Gasteiger partial charge on any atom is -0.464 e. The van der Waals surface area contributed by atoms with Gasteiger partial charge in [0.25, 0.3) is 0 Å². The zero-order valence-electron chi connectivity index (χ0n) is 13.2. The van der Waals surface area contributed by atoms with E-state index < -0.39 is 30.2 Å². The molecule has 0 saturated carbocycles. The Morgan fingerprint density at radius 2 is 1.83 bits per heavy atom. The van der Waals surface area contributed by atoms with Crippen LogP contribution >= 0.6 is 11.6 Å². The Morgan fingerprint density at radius 1 is 1.26 bits per heavy atom. The van der Waals surface area contributed by atoms with Crippen molar-refractivity contribution in [3.05, 3.63) is 29.2 Å². The average molecular weight is 340 g/mol. The van der Waals surface area contributed by atoms with E-state index in [2.05, 4.69) is 0 Å². The minimum atomic E-state index is -1.22. The number of carbonyl (C=O) groups is 1. The zero-order chi connectivity index (χ0) is 17.2. The molecule has 0 bridgehead atoms. The lowest BCUT2D eigenvalue weighted by atomic mass is 9.79. The van der Waals surface area contributed by atoms with Crippen LogP contribution in [0.1, 0.15) is 27.7 Å². The van der Waals surface area contributed by atoms with Crippen molar-refractivity contribution < 1.29 is 23.6 Å². The van der Waals surface area contributed by atoms with Crippen molar-refractivity contribution in [1.29, 1.82) is 0 Å². The van der Waals surface area contributed by atoms with Gasteiger partial charge in [0, 0.05) is 17.0 Å². The maximum atomic E-state index is 13.8. The summed E-state index contributed by atoms with van der Waals surface area (Å²) in [6, 6.07) is 2.32. The summed E-state index contributed by atoms with van der Waals surface area (Å²) < 4.78 is 26.6. The zero-order valence-corrected chi connectivity index (χ0v) is 13.9. The van der Waals surface area contributed by atoms with Crippen molar-refractivity contribution in [2.75, 3.05) is 0 Å². The smallest absolute Gasteiger partial charge is 0.464 e. The molecule has 8 heteroatoms. The molecule has 1 fully saturated rings. The van der Waals surface area contributed by atoms with E-state index >= 15 is 0 Å². The van der Waals surface area contributed by atoms with Crippen molar-refractivity contribution in [2.45, 2.75) is 38.9 Å². The van der Waals surface area contributed by atoms with Crippen molar-refractivity contribution >= 4 is 41.2 Å². The molecule has 3 rings (SSSR count). The maximum Gasteiger partial charge on any atom is 0.497 e. The molecule has 23 heavy (non-hydrogen) atoms. The molecule has 0 radical (unpaired) electrons. The SMILES string of the molecule is CC1(C)OB(c2cn(C(=O)O)c3c(Cl)cc(F)cc23)OC1(C)C. The van der Waals surface area contributed by atoms with Crippen molar-refractivity contribution in [2.24, 2.45) is 0 Å². The largest absolute Gasteiger partial charge is 0.497 e.